The molecule has 1 N–H and O–H groups in total. The van der Waals surface area contributed by atoms with E-state index in [9.17, 15) is 19.2 Å². The molecule has 0 aromatic heterocycles. The second-order valence-corrected chi connectivity index (χ2v) is 12.0. The highest BCUT2D eigenvalue weighted by Crippen LogP contribution is 2.30. The van der Waals surface area contributed by atoms with E-state index in [-0.39, 0.29) is 36.8 Å². The Morgan fingerprint density at radius 3 is 2.34 bits per heavy atom. The van der Waals surface area contributed by atoms with Crippen molar-refractivity contribution in [1.29, 1.82) is 0 Å². The van der Waals surface area contributed by atoms with E-state index in [1.165, 1.54) is 24.2 Å². The van der Waals surface area contributed by atoms with Crippen LogP contribution in [0.15, 0.2) is 18.2 Å². The highest BCUT2D eigenvalue weighted by atomic mass is 35.5. The maximum Gasteiger partial charge on any atom is 0.328 e. The summed E-state index contributed by atoms with van der Waals surface area (Å²) in [7, 11) is 0. The lowest BCUT2D eigenvalue weighted by atomic mass is 9.88. The Kier molecular flexibility index (Phi) is 10.2. The van der Waals surface area contributed by atoms with Gasteiger partial charge in [0.15, 0.2) is 0 Å². The van der Waals surface area contributed by atoms with E-state index in [4.69, 9.17) is 16.3 Å². The Labute approximate surface area is 247 Å². The first-order valence-electron chi connectivity index (χ1n) is 15.2. The summed E-state index contributed by atoms with van der Waals surface area (Å²) in [6.07, 6.45) is 8.63. The number of nitrogens with zero attached hydrogens (tertiary/aromatic N) is 4. The molecule has 3 saturated heterocycles. The first-order valence-corrected chi connectivity index (χ1v) is 15.6. The molecule has 5 rings (SSSR count). The smallest absolute Gasteiger partial charge is 0.328 e. The van der Waals surface area contributed by atoms with Crippen LogP contribution in [0.2, 0.25) is 5.02 Å². The lowest BCUT2D eigenvalue weighted by Gasteiger charge is -2.37. The average molecular weight is 588 g/mol. The fourth-order valence-corrected chi connectivity index (χ4v) is 6.61. The molecule has 0 bridgehead atoms. The molecule has 4 aliphatic rings. The third-order valence-corrected chi connectivity index (χ3v) is 9.20. The van der Waals surface area contributed by atoms with E-state index >= 15 is 0 Å². The van der Waals surface area contributed by atoms with Gasteiger partial charge in [0.05, 0.1) is 16.8 Å². The molecule has 1 aromatic rings. The van der Waals surface area contributed by atoms with Crippen molar-refractivity contribution in [3.8, 4) is 0 Å². The predicted molar refractivity (Wildman–Crippen MR) is 156 cm³/mol. The zero-order chi connectivity index (χ0) is 28.8. The molecular weight excluding hydrogens is 546 g/mol. The molecule has 1 aromatic carbocycles. The van der Waals surface area contributed by atoms with Gasteiger partial charge >= 0.3 is 6.03 Å². The number of ether oxygens (including phenoxy) is 1. The largest absolute Gasteiger partial charge is 0.378 e. The summed E-state index contributed by atoms with van der Waals surface area (Å²) >= 11 is 6.33. The third kappa shape index (κ3) is 7.59. The number of benzene rings is 1. The fraction of sp³-hybridized carbons (Fsp3) is 0.667. The van der Waals surface area contributed by atoms with Gasteiger partial charge in [-0.05, 0) is 50.3 Å². The van der Waals surface area contributed by atoms with Crippen LogP contribution in [0.3, 0.4) is 0 Å². The van der Waals surface area contributed by atoms with E-state index in [1.54, 1.807) is 18.2 Å². The highest BCUT2D eigenvalue weighted by molar-refractivity contribution is 6.34. The number of halogens is 1. The van der Waals surface area contributed by atoms with Crippen molar-refractivity contribution in [3.05, 3.63) is 28.8 Å². The lowest BCUT2D eigenvalue weighted by molar-refractivity contribution is -0.138. The summed E-state index contributed by atoms with van der Waals surface area (Å²) in [6.45, 7) is 6.66. The number of urea groups is 1. The van der Waals surface area contributed by atoms with Crippen LogP contribution in [0.4, 0.5) is 10.5 Å². The van der Waals surface area contributed by atoms with Gasteiger partial charge in [-0.2, -0.15) is 0 Å². The molecule has 3 heterocycles. The van der Waals surface area contributed by atoms with Crippen molar-refractivity contribution in [2.24, 2.45) is 5.92 Å². The highest BCUT2D eigenvalue weighted by Gasteiger charge is 2.30. The average Bonchev–Trinajstić information content (AvgIpc) is 3.00. The molecule has 3 aliphatic heterocycles. The number of hydrogen-bond donors (Lipinski definition) is 1. The van der Waals surface area contributed by atoms with Crippen molar-refractivity contribution in [1.82, 2.24) is 20.0 Å². The first kappa shape index (κ1) is 29.8. The number of imide groups is 1. The van der Waals surface area contributed by atoms with Crippen LogP contribution in [0.1, 0.15) is 68.1 Å². The molecule has 11 heteroatoms. The summed E-state index contributed by atoms with van der Waals surface area (Å²) in [5, 5.41) is 2.65. The van der Waals surface area contributed by atoms with Gasteiger partial charge < -0.3 is 14.5 Å². The van der Waals surface area contributed by atoms with Crippen molar-refractivity contribution in [2.45, 2.75) is 63.9 Å². The van der Waals surface area contributed by atoms with Gasteiger partial charge in [0, 0.05) is 76.9 Å². The van der Waals surface area contributed by atoms with Gasteiger partial charge in [0.25, 0.3) is 5.91 Å². The van der Waals surface area contributed by atoms with Gasteiger partial charge in [-0.15, -0.1) is 0 Å². The van der Waals surface area contributed by atoms with Crippen molar-refractivity contribution < 1.29 is 23.9 Å². The van der Waals surface area contributed by atoms with Gasteiger partial charge in [-0.25, -0.2) is 4.79 Å². The second-order valence-electron chi connectivity index (χ2n) is 11.6. The minimum absolute atomic E-state index is 0.101. The molecule has 5 amide bonds. The van der Waals surface area contributed by atoms with Gasteiger partial charge in [-0.3, -0.25) is 29.5 Å². The standard InChI is InChI=1S/C30H42ClN5O5/c31-25-8-7-23(21-26(25)36-15-11-27(37)32-30(36)40)29(39)34-13-9-24(10-14-34)41-20-4-12-33-16-18-35(19-17-33)28(38)22-5-2-1-3-6-22/h7-8,21-22,24H,1-6,9-20H2,(H,32,37,40). The summed E-state index contributed by atoms with van der Waals surface area (Å²) < 4.78 is 6.16. The fourth-order valence-electron chi connectivity index (χ4n) is 6.39. The van der Waals surface area contributed by atoms with Crippen LogP contribution in [0.5, 0.6) is 0 Å². The molecule has 4 fully saturated rings. The molecule has 0 unspecified atom stereocenters. The molecule has 1 aliphatic carbocycles. The van der Waals surface area contributed by atoms with Crippen LogP contribution < -0.4 is 10.2 Å². The van der Waals surface area contributed by atoms with E-state index in [0.29, 0.717) is 41.9 Å². The Balaban J connectivity index is 0.997. The quantitative estimate of drug-likeness (QED) is 0.467. The van der Waals surface area contributed by atoms with E-state index in [1.807, 2.05) is 4.90 Å². The number of piperidine rings is 1. The number of hydrogen-bond acceptors (Lipinski definition) is 6. The van der Waals surface area contributed by atoms with E-state index < -0.39 is 6.03 Å². The normalized spacial score (nSPS) is 21.7. The maximum absolute atomic E-state index is 13.2. The Hall–Kier alpha value is -2.69. The Morgan fingerprint density at radius 1 is 0.902 bits per heavy atom. The molecule has 10 nitrogen and oxygen atoms in total. The van der Waals surface area contributed by atoms with Crippen molar-refractivity contribution >= 4 is 41.0 Å². The van der Waals surface area contributed by atoms with Gasteiger partial charge in [-0.1, -0.05) is 30.9 Å². The van der Waals surface area contributed by atoms with Gasteiger partial charge in [0.2, 0.25) is 11.8 Å². The van der Waals surface area contributed by atoms with Crippen LogP contribution in [-0.2, 0) is 14.3 Å². The van der Waals surface area contributed by atoms with E-state index in [0.717, 1.165) is 64.8 Å². The molecular formula is C30H42ClN5O5. The minimum Gasteiger partial charge on any atom is -0.378 e. The van der Waals surface area contributed by atoms with Crippen LogP contribution in [0.25, 0.3) is 0 Å². The van der Waals surface area contributed by atoms with Crippen molar-refractivity contribution in [3.63, 3.8) is 0 Å². The van der Waals surface area contributed by atoms with Crippen LogP contribution >= 0.6 is 11.6 Å². The maximum atomic E-state index is 13.2. The molecule has 224 valence electrons. The summed E-state index contributed by atoms with van der Waals surface area (Å²) in [6, 6.07) is 4.40. The topological polar surface area (TPSA) is 102 Å². The Bertz CT molecular complexity index is 1110. The molecule has 1 saturated carbocycles. The number of likely N-dealkylation sites (tertiary alicyclic amines) is 1. The number of piperazine rings is 1. The predicted octanol–water partition coefficient (Wildman–Crippen LogP) is 3.52. The van der Waals surface area contributed by atoms with Crippen LogP contribution in [0, 0.1) is 5.92 Å². The van der Waals surface area contributed by atoms with E-state index in [2.05, 4.69) is 15.1 Å². The lowest BCUT2D eigenvalue weighted by Crippen LogP contribution is -2.50. The SMILES string of the molecule is O=C1CCN(c2cc(C(=O)N3CCC(OCCCN4CCN(C(=O)C5CCCCC5)CC4)CC3)ccc2Cl)C(=O)N1. The van der Waals surface area contributed by atoms with Gasteiger partial charge in [0.1, 0.15) is 0 Å². The third-order valence-electron chi connectivity index (χ3n) is 8.88. The first-order chi connectivity index (χ1) is 19.9. The van der Waals surface area contributed by atoms with Crippen LogP contribution in [-0.4, -0.2) is 104 Å². The summed E-state index contributed by atoms with van der Waals surface area (Å²) in [5.74, 6) is 0.210. The second kappa shape index (κ2) is 14.0. The van der Waals surface area contributed by atoms with Crippen molar-refractivity contribution in [2.75, 3.05) is 63.9 Å². The number of carbonyl (C=O) groups is 4. The summed E-state index contributed by atoms with van der Waals surface area (Å²) in [4.78, 5) is 57.5. The molecule has 41 heavy (non-hydrogen) atoms. The zero-order valence-corrected chi connectivity index (χ0v) is 24.6. The number of carbonyl (C=O) groups excluding carboxylic acids is 4. The number of anilines is 1. The summed E-state index contributed by atoms with van der Waals surface area (Å²) in [5.41, 5.74) is 0.895. The molecule has 0 atom stereocenters. The Morgan fingerprint density at radius 2 is 1.63 bits per heavy atom. The molecule has 0 spiro atoms. The number of amides is 5. The number of nitrogens with one attached hydrogen (secondary N) is 1. The number of rotatable bonds is 8. The minimum atomic E-state index is -0.530. The molecule has 0 radical (unpaired) electrons. The monoisotopic (exact) mass is 587 g/mol. The zero-order valence-electron chi connectivity index (χ0n) is 23.8.